The average molecular weight is 354 g/mol. The summed E-state index contributed by atoms with van der Waals surface area (Å²) in [5.41, 5.74) is 4.64. The quantitative estimate of drug-likeness (QED) is 0.765. The molecule has 1 aromatic heterocycles. The molecule has 2 heterocycles. The summed E-state index contributed by atoms with van der Waals surface area (Å²) in [5, 5.41) is 0. The van der Waals surface area contributed by atoms with Crippen molar-refractivity contribution in [1.82, 2.24) is 10.9 Å². The lowest BCUT2D eigenvalue weighted by molar-refractivity contribution is -0.130. The van der Waals surface area contributed by atoms with E-state index >= 15 is 0 Å². The number of amides is 2. The number of furan rings is 1. The van der Waals surface area contributed by atoms with Crippen LogP contribution in [0.2, 0.25) is 0 Å². The highest BCUT2D eigenvalue weighted by atomic mass is 32.2. The highest BCUT2D eigenvalue weighted by Crippen LogP contribution is 2.47. The first-order valence-electron chi connectivity index (χ1n) is 8.22. The molecule has 1 aliphatic carbocycles. The van der Waals surface area contributed by atoms with Crippen molar-refractivity contribution < 1.29 is 22.4 Å². The molecule has 1 aliphatic heterocycles. The number of hydrazine groups is 1. The molecule has 1 aromatic rings. The van der Waals surface area contributed by atoms with Gasteiger partial charge in [-0.25, -0.2) is 8.42 Å². The van der Waals surface area contributed by atoms with Gasteiger partial charge >= 0.3 is 0 Å². The lowest BCUT2D eigenvalue weighted by Gasteiger charge is -2.10. The van der Waals surface area contributed by atoms with Crippen molar-refractivity contribution in [2.45, 2.75) is 38.5 Å². The Labute approximate surface area is 141 Å². The van der Waals surface area contributed by atoms with Crippen molar-refractivity contribution in [2.75, 3.05) is 11.5 Å². The topological polar surface area (TPSA) is 105 Å². The molecular formula is C16H22N2O5S. The van der Waals surface area contributed by atoms with Crippen LogP contribution in [0.3, 0.4) is 0 Å². The van der Waals surface area contributed by atoms with Crippen LogP contribution in [0.15, 0.2) is 16.5 Å². The van der Waals surface area contributed by atoms with Gasteiger partial charge in [0.1, 0.15) is 11.5 Å². The third-order valence-electron chi connectivity index (χ3n) is 4.68. The molecule has 3 unspecified atom stereocenters. The molecule has 1 saturated carbocycles. The summed E-state index contributed by atoms with van der Waals surface area (Å²) in [4.78, 5) is 23.6. The maximum absolute atomic E-state index is 11.8. The van der Waals surface area contributed by atoms with Gasteiger partial charge in [0, 0.05) is 18.8 Å². The molecular weight excluding hydrogens is 332 g/mol. The van der Waals surface area contributed by atoms with Crippen molar-refractivity contribution >= 4 is 21.7 Å². The molecule has 3 rings (SSSR count). The van der Waals surface area contributed by atoms with E-state index in [1.807, 2.05) is 12.1 Å². The zero-order chi connectivity index (χ0) is 17.3. The number of rotatable bonds is 5. The Morgan fingerprint density at radius 3 is 2.67 bits per heavy atom. The summed E-state index contributed by atoms with van der Waals surface area (Å²) in [6.07, 6.45) is 2.10. The summed E-state index contributed by atoms with van der Waals surface area (Å²) in [5.74, 6) is 1.43. The first-order valence-corrected chi connectivity index (χ1v) is 10.0. The lowest BCUT2D eigenvalue weighted by atomic mass is 10.1. The predicted octanol–water partition coefficient (Wildman–Crippen LogP) is 0.918. The van der Waals surface area contributed by atoms with Crippen LogP contribution in [0.1, 0.15) is 43.6 Å². The van der Waals surface area contributed by atoms with Crippen LogP contribution in [0.25, 0.3) is 0 Å². The fourth-order valence-corrected chi connectivity index (χ4v) is 4.72. The Bertz CT molecular complexity index is 739. The van der Waals surface area contributed by atoms with E-state index in [0.29, 0.717) is 24.7 Å². The summed E-state index contributed by atoms with van der Waals surface area (Å²) < 4.78 is 28.4. The number of nitrogens with one attached hydrogen (secondary N) is 2. The van der Waals surface area contributed by atoms with E-state index < -0.39 is 21.7 Å². The second-order valence-electron chi connectivity index (χ2n) is 6.76. The molecule has 132 valence electrons. The Kier molecular flexibility index (Phi) is 4.67. The Morgan fingerprint density at radius 2 is 2.04 bits per heavy atom. The number of carbonyl (C=O) groups excluding carboxylic acids is 2. The number of sulfone groups is 1. The van der Waals surface area contributed by atoms with Gasteiger partial charge in [0.15, 0.2) is 9.84 Å². The molecule has 0 radical (unpaired) electrons. The van der Waals surface area contributed by atoms with Crippen LogP contribution in [-0.2, 0) is 25.8 Å². The fraction of sp³-hybridized carbons (Fsp3) is 0.625. The van der Waals surface area contributed by atoms with Gasteiger partial charge in [0.05, 0.1) is 17.4 Å². The van der Waals surface area contributed by atoms with Gasteiger partial charge < -0.3 is 4.42 Å². The molecule has 2 amide bonds. The SMILES string of the molecule is CC1CC1c1ccc(CCC(=O)NNC(=O)C2CCS(=O)(=O)C2)o1. The van der Waals surface area contributed by atoms with E-state index in [-0.39, 0.29) is 23.8 Å². The lowest BCUT2D eigenvalue weighted by Crippen LogP contribution is -2.44. The Balaban J connectivity index is 1.38. The molecule has 2 aliphatic rings. The van der Waals surface area contributed by atoms with E-state index in [0.717, 1.165) is 17.9 Å². The highest BCUT2D eigenvalue weighted by Gasteiger charge is 2.36. The molecule has 3 atom stereocenters. The maximum Gasteiger partial charge on any atom is 0.242 e. The Hall–Kier alpha value is -1.83. The number of hydrogen-bond acceptors (Lipinski definition) is 5. The molecule has 2 N–H and O–H groups in total. The van der Waals surface area contributed by atoms with E-state index in [4.69, 9.17) is 4.42 Å². The van der Waals surface area contributed by atoms with Gasteiger partial charge in [-0.15, -0.1) is 0 Å². The normalized spacial score (nSPS) is 27.6. The summed E-state index contributed by atoms with van der Waals surface area (Å²) in [7, 11) is -3.11. The van der Waals surface area contributed by atoms with Crippen molar-refractivity contribution in [3.05, 3.63) is 23.7 Å². The molecule has 8 heteroatoms. The zero-order valence-electron chi connectivity index (χ0n) is 13.6. The summed E-state index contributed by atoms with van der Waals surface area (Å²) in [6.45, 7) is 2.18. The van der Waals surface area contributed by atoms with E-state index in [2.05, 4.69) is 17.8 Å². The zero-order valence-corrected chi connectivity index (χ0v) is 14.4. The summed E-state index contributed by atoms with van der Waals surface area (Å²) in [6, 6.07) is 3.85. The fourth-order valence-electron chi connectivity index (χ4n) is 2.98. The van der Waals surface area contributed by atoms with Crippen molar-refractivity contribution in [2.24, 2.45) is 11.8 Å². The predicted molar refractivity (Wildman–Crippen MR) is 86.6 cm³/mol. The molecule has 0 spiro atoms. The van der Waals surface area contributed by atoms with Crippen molar-refractivity contribution in [3.8, 4) is 0 Å². The van der Waals surface area contributed by atoms with E-state index in [1.165, 1.54) is 0 Å². The first kappa shape index (κ1) is 17.0. The molecule has 0 bridgehead atoms. The van der Waals surface area contributed by atoms with Crippen LogP contribution in [0, 0.1) is 11.8 Å². The largest absolute Gasteiger partial charge is 0.466 e. The standard InChI is InChI=1S/C16H22N2O5S/c1-10-8-13(10)14-4-2-12(23-14)3-5-15(19)17-18-16(20)11-6-7-24(21,22)9-11/h2,4,10-11,13H,3,5-9H2,1H3,(H,17,19)(H,18,20). The maximum atomic E-state index is 11.8. The number of carbonyl (C=O) groups is 2. The van der Waals surface area contributed by atoms with Gasteiger partial charge in [-0.05, 0) is 30.9 Å². The molecule has 1 saturated heterocycles. The van der Waals surface area contributed by atoms with Crippen LogP contribution < -0.4 is 10.9 Å². The van der Waals surface area contributed by atoms with Gasteiger partial charge in [0.25, 0.3) is 0 Å². The molecule has 2 fully saturated rings. The Morgan fingerprint density at radius 1 is 1.29 bits per heavy atom. The third kappa shape index (κ3) is 4.17. The van der Waals surface area contributed by atoms with Gasteiger partial charge in [-0.3, -0.25) is 20.4 Å². The molecule has 7 nitrogen and oxygen atoms in total. The number of aryl methyl sites for hydroxylation is 1. The molecule has 0 aromatic carbocycles. The molecule has 24 heavy (non-hydrogen) atoms. The second kappa shape index (κ2) is 6.58. The van der Waals surface area contributed by atoms with Crippen molar-refractivity contribution in [3.63, 3.8) is 0 Å². The first-order chi connectivity index (χ1) is 11.3. The smallest absolute Gasteiger partial charge is 0.242 e. The monoisotopic (exact) mass is 354 g/mol. The van der Waals surface area contributed by atoms with Gasteiger partial charge in [-0.1, -0.05) is 6.92 Å². The van der Waals surface area contributed by atoms with Gasteiger partial charge in [-0.2, -0.15) is 0 Å². The van der Waals surface area contributed by atoms with E-state index in [1.54, 1.807) is 0 Å². The third-order valence-corrected chi connectivity index (χ3v) is 6.45. The van der Waals surface area contributed by atoms with E-state index in [9.17, 15) is 18.0 Å². The van der Waals surface area contributed by atoms with Crippen LogP contribution in [0.5, 0.6) is 0 Å². The minimum absolute atomic E-state index is 0.0273. The van der Waals surface area contributed by atoms with Crippen LogP contribution in [0.4, 0.5) is 0 Å². The van der Waals surface area contributed by atoms with Crippen LogP contribution in [-0.4, -0.2) is 31.7 Å². The number of hydrogen-bond donors (Lipinski definition) is 2. The minimum Gasteiger partial charge on any atom is -0.466 e. The minimum atomic E-state index is -3.11. The van der Waals surface area contributed by atoms with Gasteiger partial charge in [0.2, 0.25) is 11.8 Å². The van der Waals surface area contributed by atoms with Crippen molar-refractivity contribution in [1.29, 1.82) is 0 Å². The second-order valence-corrected chi connectivity index (χ2v) is 8.99. The highest BCUT2D eigenvalue weighted by molar-refractivity contribution is 7.91. The van der Waals surface area contributed by atoms with Crippen LogP contribution >= 0.6 is 0 Å². The average Bonchev–Trinajstić information content (AvgIpc) is 2.95. The summed E-state index contributed by atoms with van der Waals surface area (Å²) >= 11 is 0.